The van der Waals surface area contributed by atoms with E-state index in [2.05, 4.69) is 31.4 Å². The van der Waals surface area contributed by atoms with Crippen LogP contribution in [0.25, 0.3) is 0 Å². The highest BCUT2D eigenvalue weighted by Crippen LogP contribution is 2.22. The smallest absolute Gasteiger partial charge is 0.269 e. The molecule has 1 saturated heterocycles. The molecule has 4 nitrogen and oxygen atoms in total. The molecule has 5 heteroatoms. The second kappa shape index (κ2) is 7.88. The molecule has 126 valence electrons. The number of carbonyl (C=O) groups is 1. The van der Waals surface area contributed by atoms with Crippen molar-refractivity contribution in [1.82, 2.24) is 15.5 Å². The summed E-state index contributed by atoms with van der Waals surface area (Å²) in [4.78, 5) is 14.8. The molecule has 0 aromatic heterocycles. The van der Waals surface area contributed by atoms with Crippen molar-refractivity contribution in [3.63, 3.8) is 0 Å². The zero-order valence-electron chi connectivity index (χ0n) is 14.3. The molecule has 1 fully saturated rings. The molecule has 2 rings (SSSR count). The van der Waals surface area contributed by atoms with Gasteiger partial charge in [0.15, 0.2) is 10.8 Å². The van der Waals surface area contributed by atoms with Gasteiger partial charge in [-0.05, 0) is 30.1 Å². The molecule has 1 aliphatic rings. The number of nitrogens with zero attached hydrogens (tertiary/aromatic N) is 1. The molecule has 0 unspecified atom stereocenters. The van der Waals surface area contributed by atoms with Gasteiger partial charge in [0.2, 0.25) is 0 Å². The Morgan fingerprint density at radius 2 is 2.00 bits per heavy atom. The van der Waals surface area contributed by atoms with Crippen LogP contribution in [0.2, 0.25) is 0 Å². The number of rotatable bonds is 8. The maximum atomic E-state index is 13.1. The lowest BCUT2D eigenvalue weighted by atomic mass is 9.98. The lowest BCUT2D eigenvalue weighted by Gasteiger charge is -2.29. The quantitative estimate of drug-likeness (QED) is 0.718. The summed E-state index contributed by atoms with van der Waals surface area (Å²) in [6.07, 6.45) is 2.58. The molecular weight excluding hydrogens is 306 g/mol. The van der Waals surface area contributed by atoms with Crippen LogP contribution in [0.3, 0.4) is 0 Å². The molecule has 1 aromatic carbocycles. The molecule has 1 heterocycles. The fourth-order valence-corrected chi connectivity index (χ4v) is 3.08. The minimum Gasteiger partial charge on any atom is -0.336 e. The maximum absolute atomic E-state index is 13.1. The van der Waals surface area contributed by atoms with E-state index in [9.17, 15) is 4.79 Å². The van der Waals surface area contributed by atoms with Crippen molar-refractivity contribution in [3.8, 4) is 0 Å². The number of hydrogen-bond acceptors (Lipinski definition) is 3. The third kappa shape index (κ3) is 4.30. The molecule has 23 heavy (non-hydrogen) atoms. The molecular formula is C18H27N3OS. The average Bonchev–Trinajstić information content (AvgIpc) is 2.75. The fourth-order valence-electron chi connectivity index (χ4n) is 2.73. The van der Waals surface area contributed by atoms with Crippen LogP contribution in [-0.4, -0.2) is 34.7 Å². The molecule has 1 atom stereocenters. The predicted octanol–water partition coefficient (Wildman–Crippen LogP) is 2.69. The second-order valence-corrected chi connectivity index (χ2v) is 6.97. The first-order chi connectivity index (χ1) is 11.0. The Labute approximate surface area is 144 Å². The standard InChI is InChI=1S/C18H27N3OS/c1-4-5-11-21-16(22)18(20-17(21)23,19-13-14(2)3)12-15-9-7-6-8-10-15/h6-10,14,19H,4-5,11-13H2,1-3H3,(H,20,23)/t18-/m0/s1. The van der Waals surface area contributed by atoms with E-state index >= 15 is 0 Å². The molecule has 0 saturated carbocycles. The summed E-state index contributed by atoms with van der Waals surface area (Å²) in [5.41, 5.74) is 0.293. The summed E-state index contributed by atoms with van der Waals surface area (Å²) in [6, 6.07) is 10.1. The Hall–Kier alpha value is -1.46. The highest BCUT2D eigenvalue weighted by Gasteiger charge is 2.48. The SMILES string of the molecule is CCCCN1C(=O)[C@@](Cc2ccccc2)(NCC(C)C)NC1=S. The monoisotopic (exact) mass is 333 g/mol. The van der Waals surface area contributed by atoms with E-state index in [-0.39, 0.29) is 5.91 Å². The molecule has 2 N–H and O–H groups in total. The Bertz CT molecular complexity index is 546. The summed E-state index contributed by atoms with van der Waals surface area (Å²) in [5.74, 6) is 0.496. The number of unbranched alkanes of at least 4 members (excludes halogenated alkanes) is 1. The number of benzene rings is 1. The van der Waals surface area contributed by atoms with Crippen LogP contribution in [-0.2, 0) is 11.2 Å². The zero-order valence-corrected chi connectivity index (χ0v) is 15.1. The number of amides is 1. The van der Waals surface area contributed by atoms with Crippen LogP contribution in [0.4, 0.5) is 0 Å². The Kier molecular flexibility index (Phi) is 6.13. The third-order valence-corrected chi connectivity index (χ3v) is 4.36. The van der Waals surface area contributed by atoms with Gasteiger partial charge in [0.25, 0.3) is 5.91 Å². The van der Waals surface area contributed by atoms with Crippen molar-refractivity contribution in [2.75, 3.05) is 13.1 Å². The fraction of sp³-hybridized carbons (Fsp3) is 0.556. The van der Waals surface area contributed by atoms with Crippen LogP contribution >= 0.6 is 12.2 Å². The first kappa shape index (κ1) is 17.9. The summed E-state index contributed by atoms with van der Waals surface area (Å²) in [7, 11) is 0. The molecule has 0 spiro atoms. The van der Waals surface area contributed by atoms with Crippen LogP contribution in [0.5, 0.6) is 0 Å². The van der Waals surface area contributed by atoms with Crippen molar-refractivity contribution in [3.05, 3.63) is 35.9 Å². The van der Waals surface area contributed by atoms with E-state index in [0.717, 1.165) is 24.9 Å². The molecule has 1 amide bonds. The van der Waals surface area contributed by atoms with Gasteiger partial charge in [0.1, 0.15) is 0 Å². The van der Waals surface area contributed by atoms with Gasteiger partial charge in [-0.15, -0.1) is 0 Å². The van der Waals surface area contributed by atoms with E-state index in [0.29, 0.717) is 24.0 Å². The lowest BCUT2D eigenvalue weighted by molar-refractivity contribution is -0.132. The van der Waals surface area contributed by atoms with Crippen molar-refractivity contribution < 1.29 is 4.79 Å². The number of nitrogens with one attached hydrogen (secondary N) is 2. The normalized spacial score (nSPS) is 21.1. The van der Waals surface area contributed by atoms with Gasteiger partial charge in [-0.1, -0.05) is 57.5 Å². The summed E-state index contributed by atoms with van der Waals surface area (Å²) >= 11 is 5.43. The van der Waals surface area contributed by atoms with E-state index in [4.69, 9.17) is 12.2 Å². The molecule has 1 aliphatic heterocycles. The summed E-state index contributed by atoms with van der Waals surface area (Å²) < 4.78 is 0. The summed E-state index contributed by atoms with van der Waals surface area (Å²) in [6.45, 7) is 7.83. The first-order valence-electron chi connectivity index (χ1n) is 8.41. The van der Waals surface area contributed by atoms with Gasteiger partial charge < -0.3 is 5.32 Å². The van der Waals surface area contributed by atoms with Gasteiger partial charge in [0.05, 0.1) is 0 Å². The van der Waals surface area contributed by atoms with Gasteiger partial charge >= 0.3 is 0 Å². The highest BCUT2D eigenvalue weighted by molar-refractivity contribution is 7.80. The van der Waals surface area contributed by atoms with E-state index in [1.54, 1.807) is 4.90 Å². The van der Waals surface area contributed by atoms with E-state index in [1.807, 2.05) is 30.3 Å². The number of thiocarbonyl (C=S) groups is 1. The van der Waals surface area contributed by atoms with Gasteiger partial charge in [0, 0.05) is 19.5 Å². The second-order valence-electron chi connectivity index (χ2n) is 6.58. The number of carbonyl (C=O) groups excluding carboxylic acids is 1. The zero-order chi connectivity index (χ0) is 16.9. The average molecular weight is 334 g/mol. The van der Waals surface area contributed by atoms with Gasteiger partial charge in [-0.25, -0.2) is 0 Å². The van der Waals surface area contributed by atoms with Crippen LogP contribution < -0.4 is 10.6 Å². The van der Waals surface area contributed by atoms with E-state index in [1.165, 1.54) is 0 Å². The lowest BCUT2D eigenvalue weighted by Crippen LogP contribution is -2.61. The van der Waals surface area contributed by atoms with Crippen molar-refractivity contribution >= 4 is 23.2 Å². The van der Waals surface area contributed by atoms with Gasteiger partial charge in [-0.2, -0.15) is 0 Å². The molecule has 0 bridgehead atoms. The number of hydrogen-bond donors (Lipinski definition) is 2. The third-order valence-electron chi connectivity index (χ3n) is 4.04. The van der Waals surface area contributed by atoms with Crippen LogP contribution in [0.15, 0.2) is 30.3 Å². The van der Waals surface area contributed by atoms with Crippen LogP contribution in [0, 0.1) is 5.92 Å². The van der Waals surface area contributed by atoms with Crippen molar-refractivity contribution in [2.24, 2.45) is 5.92 Å². The van der Waals surface area contributed by atoms with Crippen LogP contribution in [0.1, 0.15) is 39.2 Å². The first-order valence-corrected chi connectivity index (χ1v) is 8.82. The predicted molar refractivity (Wildman–Crippen MR) is 98.1 cm³/mol. The summed E-state index contributed by atoms with van der Waals surface area (Å²) in [5, 5.41) is 7.25. The molecule has 0 aliphatic carbocycles. The topological polar surface area (TPSA) is 44.4 Å². The van der Waals surface area contributed by atoms with Crippen molar-refractivity contribution in [2.45, 2.75) is 45.7 Å². The Balaban J connectivity index is 2.23. The maximum Gasteiger partial charge on any atom is 0.269 e. The Morgan fingerprint density at radius 1 is 1.30 bits per heavy atom. The Morgan fingerprint density at radius 3 is 2.61 bits per heavy atom. The minimum absolute atomic E-state index is 0.0421. The van der Waals surface area contributed by atoms with Crippen molar-refractivity contribution in [1.29, 1.82) is 0 Å². The highest BCUT2D eigenvalue weighted by atomic mass is 32.1. The molecule has 1 aromatic rings. The minimum atomic E-state index is -0.823. The van der Waals surface area contributed by atoms with E-state index < -0.39 is 5.66 Å². The van der Waals surface area contributed by atoms with Gasteiger partial charge in [-0.3, -0.25) is 15.0 Å². The largest absolute Gasteiger partial charge is 0.336 e. The molecule has 0 radical (unpaired) electrons.